The molecule has 33 heavy (non-hydrogen) atoms. The average Bonchev–Trinajstić information content (AvgIpc) is 3.24. The molecular weight excluding hydrogens is 458 g/mol. The van der Waals surface area contributed by atoms with Crippen LogP contribution in [0.2, 0.25) is 5.02 Å². The fourth-order valence-corrected chi connectivity index (χ4v) is 3.63. The van der Waals surface area contributed by atoms with E-state index in [4.69, 9.17) is 21.1 Å². The van der Waals surface area contributed by atoms with Crippen molar-refractivity contribution >= 4 is 29.1 Å². The molecule has 1 aromatic carbocycles. The number of hydrogen-bond acceptors (Lipinski definition) is 7. The summed E-state index contributed by atoms with van der Waals surface area (Å²) in [4.78, 5) is 33.3. The van der Waals surface area contributed by atoms with Gasteiger partial charge in [0, 0.05) is 13.0 Å². The third-order valence-electron chi connectivity index (χ3n) is 5.10. The number of ketones is 1. The fourth-order valence-electron chi connectivity index (χ4n) is 3.36. The minimum absolute atomic E-state index is 0.116. The predicted molar refractivity (Wildman–Crippen MR) is 118 cm³/mol. The number of alkyl halides is 2. The van der Waals surface area contributed by atoms with Gasteiger partial charge in [-0.05, 0) is 31.5 Å². The largest absolute Gasteiger partial charge is 0.489 e. The van der Waals surface area contributed by atoms with Crippen molar-refractivity contribution < 1.29 is 27.8 Å². The van der Waals surface area contributed by atoms with Crippen LogP contribution < -0.4 is 19.7 Å². The fraction of sp³-hybridized carbons (Fsp3) is 0.455. The van der Waals surface area contributed by atoms with E-state index in [2.05, 4.69) is 15.3 Å². The Morgan fingerprint density at radius 2 is 2.00 bits per heavy atom. The normalized spacial score (nSPS) is 16.5. The van der Waals surface area contributed by atoms with Crippen molar-refractivity contribution in [2.75, 3.05) is 31.1 Å². The molecule has 1 N–H and O–H groups in total. The topological polar surface area (TPSA) is 93.7 Å². The number of hydrogen-bond donors (Lipinski definition) is 1. The zero-order valence-electron chi connectivity index (χ0n) is 18.3. The Morgan fingerprint density at radius 1 is 1.27 bits per heavy atom. The number of halogens is 3. The first kappa shape index (κ1) is 24.6. The molecule has 2 heterocycles. The molecule has 3 rings (SSSR count). The summed E-state index contributed by atoms with van der Waals surface area (Å²) in [5, 5.41) is 2.46. The van der Waals surface area contributed by atoms with Crippen LogP contribution in [0.4, 0.5) is 14.6 Å². The molecule has 1 unspecified atom stereocenters. The summed E-state index contributed by atoms with van der Waals surface area (Å²) in [6.07, 6.45) is -0.629. The maximum atomic E-state index is 12.3. The van der Waals surface area contributed by atoms with Crippen LogP contribution in [-0.4, -0.2) is 60.4 Å². The van der Waals surface area contributed by atoms with Gasteiger partial charge < -0.3 is 19.7 Å². The maximum absolute atomic E-state index is 12.3. The van der Waals surface area contributed by atoms with Crippen LogP contribution in [-0.2, 0) is 9.59 Å². The highest BCUT2D eigenvalue weighted by Crippen LogP contribution is 2.33. The molecule has 178 valence electrons. The van der Waals surface area contributed by atoms with Gasteiger partial charge in [0.2, 0.25) is 11.8 Å². The molecule has 8 nitrogen and oxygen atoms in total. The number of benzene rings is 1. The number of anilines is 1. The Labute approximate surface area is 195 Å². The summed E-state index contributed by atoms with van der Waals surface area (Å²) in [6, 6.07) is 6.99. The van der Waals surface area contributed by atoms with E-state index < -0.39 is 24.8 Å². The van der Waals surface area contributed by atoms with Gasteiger partial charge in [-0.15, -0.1) is 0 Å². The molecule has 2 atom stereocenters. The van der Waals surface area contributed by atoms with Gasteiger partial charge in [0.1, 0.15) is 29.8 Å². The molecule has 0 radical (unpaired) electrons. The second-order valence-corrected chi connectivity index (χ2v) is 8.09. The minimum Gasteiger partial charge on any atom is -0.489 e. The highest BCUT2D eigenvalue weighted by atomic mass is 35.5. The molecule has 1 aromatic heterocycles. The van der Waals surface area contributed by atoms with Crippen LogP contribution >= 0.6 is 11.6 Å². The smallest absolute Gasteiger partial charge is 0.255 e. The van der Waals surface area contributed by atoms with Gasteiger partial charge in [0.25, 0.3) is 6.43 Å². The zero-order chi connectivity index (χ0) is 24.0. The molecule has 0 saturated carbocycles. The van der Waals surface area contributed by atoms with E-state index in [-0.39, 0.29) is 29.4 Å². The van der Waals surface area contributed by atoms with E-state index in [1.807, 2.05) is 4.90 Å². The van der Waals surface area contributed by atoms with Crippen LogP contribution in [0.15, 0.2) is 30.6 Å². The Kier molecular flexibility index (Phi) is 8.37. The van der Waals surface area contributed by atoms with Crippen LogP contribution in [0, 0.1) is 0 Å². The molecule has 0 aliphatic carbocycles. The average molecular weight is 483 g/mol. The summed E-state index contributed by atoms with van der Waals surface area (Å²) in [5.74, 6) is 0.141. The van der Waals surface area contributed by atoms with E-state index >= 15 is 0 Å². The molecule has 11 heteroatoms. The van der Waals surface area contributed by atoms with Gasteiger partial charge in [0.05, 0.1) is 19.0 Å². The second-order valence-electron chi connectivity index (χ2n) is 7.71. The van der Waals surface area contributed by atoms with Crippen molar-refractivity contribution in [1.29, 1.82) is 0 Å². The highest BCUT2D eigenvalue weighted by Gasteiger charge is 2.28. The molecule has 0 spiro atoms. The van der Waals surface area contributed by atoms with Gasteiger partial charge in [-0.25, -0.2) is 18.7 Å². The lowest BCUT2D eigenvalue weighted by Crippen LogP contribution is -2.31. The molecule has 1 saturated heterocycles. The number of Topliss-reactive ketones (excluding diaryl/α,β-unsaturated/α-hetero) is 1. The van der Waals surface area contributed by atoms with Crippen molar-refractivity contribution in [3.8, 4) is 11.6 Å². The van der Waals surface area contributed by atoms with Gasteiger partial charge in [-0.1, -0.05) is 23.7 Å². The quantitative estimate of drug-likeness (QED) is 0.555. The molecule has 1 aliphatic rings. The summed E-state index contributed by atoms with van der Waals surface area (Å²) in [5.41, 5.74) is 0.702. The van der Waals surface area contributed by atoms with E-state index in [1.54, 1.807) is 31.2 Å². The van der Waals surface area contributed by atoms with Gasteiger partial charge in [-0.3, -0.25) is 9.59 Å². The number of nitrogens with one attached hydrogen (secondary N) is 1. The second kappa shape index (κ2) is 11.2. The number of carbonyl (C=O) groups excluding carboxylic acids is 2. The Balaban J connectivity index is 1.57. The Bertz CT molecular complexity index is 977. The Morgan fingerprint density at radius 3 is 2.67 bits per heavy atom. The summed E-state index contributed by atoms with van der Waals surface area (Å²) < 4.78 is 35.9. The third-order valence-corrected chi connectivity index (χ3v) is 5.43. The van der Waals surface area contributed by atoms with Crippen LogP contribution in [0.25, 0.3) is 0 Å². The van der Waals surface area contributed by atoms with Crippen LogP contribution in [0.1, 0.15) is 31.7 Å². The number of amides is 1. The molecule has 1 amide bonds. The standard InChI is InChI=1S/C22H25ClF2N4O4/c1-13(30)11-32-22-19(23)20(27-12-28-22)29-8-7-17(10-29)33-16-5-3-15(4-6-16)14(2)21(31)26-9-18(24)25/h3-6,12,14,17-18H,7-11H2,1-2H3,(H,26,31)/t14?,17-/m1/s1. The first-order valence-corrected chi connectivity index (χ1v) is 10.8. The number of carbonyl (C=O) groups is 2. The van der Waals surface area contributed by atoms with Crippen molar-refractivity contribution in [2.45, 2.75) is 38.7 Å². The number of aromatic nitrogens is 2. The van der Waals surface area contributed by atoms with Crippen molar-refractivity contribution in [3.05, 3.63) is 41.2 Å². The summed E-state index contributed by atoms with van der Waals surface area (Å²) in [7, 11) is 0. The van der Waals surface area contributed by atoms with Crippen molar-refractivity contribution in [2.24, 2.45) is 0 Å². The lowest BCUT2D eigenvalue weighted by atomic mass is 10.0. The minimum atomic E-state index is -2.58. The number of ether oxygens (including phenoxy) is 2. The lowest BCUT2D eigenvalue weighted by Gasteiger charge is -2.20. The number of rotatable bonds is 10. The predicted octanol–water partition coefficient (Wildman–Crippen LogP) is 3.24. The van der Waals surface area contributed by atoms with E-state index in [0.717, 1.165) is 6.42 Å². The summed E-state index contributed by atoms with van der Waals surface area (Å²) >= 11 is 6.37. The molecular formula is C22H25ClF2N4O4. The molecule has 1 aliphatic heterocycles. The highest BCUT2D eigenvalue weighted by molar-refractivity contribution is 6.34. The van der Waals surface area contributed by atoms with E-state index in [1.165, 1.54) is 13.3 Å². The first-order chi connectivity index (χ1) is 15.7. The zero-order valence-corrected chi connectivity index (χ0v) is 19.0. The SMILES string of the molecule is CC(=O)COc1ncnc(N2CC[C@@H](Oc3ccc(C(C)C(=O)NCC(F)F)cc3)C2)c1Cl. The van der Waals surface area contributed by atoms with Crippen LogP contribution in [0.5, 0.6) is 11.6 Å². The van der Waals surface area contributed by atoms with E-state index in [0.29, 0.717) is 30.2 Å². The summed E-state index contributed by atoms with van der Waals surface area (Å²) in [6.45, 7) is 3.48. The monoisotopic (exact) mass is 482 g/mol. The molecule has 0 bridgehead atoms. The van der Waals surface area contributed by atoms with E-state index in [9.17, 15) is 18.4 Å². The molecule has 2 aromatic rings. The van der Waals surface area contributed by atoms with Crippen LogP contribution in [0.3, 0.4) is 0 Å². The number of nitrogens with zero attached hydrogens (tertiary/aromatic N) is 3. The lowest BCUT2D eigenvalue weighted by molar-refractivity contribution is -0.123. The maximum Gasteiger partial charge on any atom is 0.255 e. The van der Waals surface area contributed by atoms with Gasteiger partial charge >= 0.3 is 0 Å². The van der Waals surface area contributed by atoms with Gasteiger partial charge in [0.15, 0.2) is 11.6 Å². The third kappa shape index (κ3) is 6.74. The van der Waals surface area contributed by atoms with Gasteiger partial charge in [-0.2, -0.15) is 0 Å². The van der Waals surface area contributed by atoms with Crippen molar-refractivity contribution in [1.82, 2.24) is 15.3 Å². The molecule has 1 fully saturated rings. The first-order valence-electron chi connectivity index (χ1n) is 10.4. The van der Waals surface area contributed by atoms with Crippen molar-refractivity contribution in [3.63, 3.8) is 0 Å². The Hall–Kier alpha value is -3.01.